The van der Waals surface area contributed by atoms with E-state index in [9.17, 15) is 14.0 Å². The van der Waals surface area contributed by atoms with Crippen LogP contribution in [0.4, 0.5) is 4.39 Å². The summed E-state index contributed by atoms with van der Waals surface area (Å²) in [6.45, 7) is 0.975. The van der Waals surface area contributed by atoms with Gasteiger partial charge >= 0.3 is 0 Å². The Kier molecular flexibility index (Phi) is 5.09. The van der Waals surface area contributed by atoms with E-state index in [2.05, 4.69) is 11.4 Å². The van der Waals surface area contributed by atoms with Crippen LogP contribution in [-0.2, 0) is 11.2 Å². The van der Waals surface area contributed by atoms with Crippen LogP contribution in [0.25, 0.3) is 0 Å². The van der Waals surface area contributed by atoms with E-state index in [4.69, 9.17) is 10.5 Å². The molecule has 0 spiro atoms. The van der Waals surface area contributed by atoms with Gasteiger partial charge in [0.1, 0.15) is 5.82 Å². The van der Waals surface area contributed by atoms with E-state index in [0.717, 1.165) is 18.1 Å². The van der Waals surface area contributed by atoms with Gasteiger partial charge in [0.15, 0.2) is 0 Å². The molecular formula is C19H19FN2O3. The number of nitrogens with two attached hydrogens (primary N) is 1. The normalized spacial score (nSPS) is 16.1. The number of ether oxygens (including phenoxy) is 1. The molecule has 1 unspecified atom stereocenters. The Labute approximate surface area is 145 Å². The largest absolute Gasteiger partial charge is 0.373 e. The van der Waals surface area contributed by atoms with Crippen LogP contribution in [0.1, 0.15) is 44.4 Å². The number of carbonyl (C=O) groups is 2. The van der Waals surface area contributed by atoms with Gasteiger partial charge in [-0.1, -0.05) is 24.3 Å². The molecule has 3 rings (SSSR count). The van der Waals surface area contributed by atoms with Crippen LogP contribution in [0.3, 0.4) is 0 Å². The summed E-state index contributed by atoms with van der Waals surface area (Å²) in [7, 11) is 0. The topological polar surface area (TPSA) is 81.4 Å². The van der Waals surface area contributed by atoms with Gasteiger partial charge in [0.2, 0.25) is 5.91 Å². The van der Waals surface area contributed by atoms with Crippen molar-refractivity contribution in [1.29, 1.82) is 0 Å². The molecular weight excluding hydrogens is 323 g/mol. The van der Waals surface area contributed by atoms with E-state index >= 15 is 0 Å². The van der Waals surface area contributed by atoms with Crippen LogP contribution in [0.2, 0.25) is 0 Å². The van der Waals surface area contributed by atoms with Crippen molar-refractivity contribution in [3.63, 3.8) is 0 Å². The second kappa shape index (κ2) is 7.44. The first kappa shape index (κ1) is 17.1. The predicted octanol–water partition coefficient (Wildman–Crippen LogP) is 2.36. The molecule has 6 heteroatoms. The lowest BCUT2D eigenvalue weighted by atomic mass is 9.96. The molecule has 1 heterocycles. The number of carbonyl (C=O) groups excluding carboxylic acids is 2. The van der Waals surface area contributed by atoms with Gasteiger partial charge in [-0.2, -0.15) is 0 Å². The molecule has 1 aliphatic heterocycles. The Bertz CT molecular complexity index is 807. The minimum absolute atomic E-state index is 0.0907. The first-order valence-electron chi connectivity index (χ1n) is 8.13. The van der Waals surface area contributed by atoms with Crippen LogP contribution in [0, 0.1) is 5.82 Å². The number of rotatable bonds is 5. The van der Waals surface area contributed by atoms with Crippen molar-refractivity contribution in [1.82, 2.24) is 5.32 Å². The lowest BCUT2D eigenvalue weighted by Gasteiger charge is -2.26. The molecule has 3 N–H and O–H groups in total. The summed E-state index contributed by atoms with van der Waals surface area (Å²) in [4.78, 5) is 23.4. The molecule has 130 valence electrons. The van der Waals surface area contributed by atoms with Crippen LogP contribution >= 0.6 is 0 Å². The first-order valence-corrected chi connectivity index (χ1v) is 8.13. The number of halogens is 1. The maximum absolute atomic E-state index is 13.8. The molecule has 25 heavy (non-hydrogen) atoms. The highest BCUT2D eigenvalue weighted by Gasteiger charge is 2.21. The Balaban J connectivity index is 1.62. The summed E-state index contributed by atoms with van der Waals surface area (Å²) in [6, 6.07) is 11.5. The Morgan fingerprint density at radius 1 is 1.24 bits per heavy atom. The molecule has 2 aromatic carbocycles. The molecule has 0 saturated heterocycles. The third kappa shape index (κ3) is 3.85. The lowest BCUT2D eigenvalue weighted by Crippen LogP contribution is -2.28. The van der Waals surface area contributed by atoms with Crippen LogP contribution < -0.4 is 11.1 Å². The van der Waals surface area contributed by atoms with Gasteiger partial charge in [-0.3, -0.25) is 9.59 Å². The number of nitrogens with one attached hydrogen (secondary N) is 1. The summed E-state index contributed by atoms with van der Waals surface area (Å²) < 4.78 is 19.6. The summed E-state index contributed by atoms with van der Waals surface area (Å²) in [5.41, 5.74) is 7.45. The molecule has 0 radical (unpaired) electrons. The van der Waals surface area contributed by atoms with E-state index in [0.29, 0.717) is 19.6 Å². The smallest absolute Gasteiger partial charge is 0.254 e. The second-order valence-electron chi connectivity index (χ2n) is 5.91. The highest BCUT2D eigenvalue weighted by molar-refractivity contribution is 5.99. The van der Waals surface area contributed by atoms with Gasteiger partial charge in [-0.25, -0.2) is 4.39 Å². The van der Waals surface area contributed by atoms with Crippen LogP contribution in [-0.4, -0.2) is 25.0 Å². The number of fused-ring (bicyclic) bond motifs is 1. The standard InChI is InChI=1S/C19H19FN2O3/c20-16-6-5-13(18(21)23)11-15(16)19(24)22-9-7-17-14-4-2-1-3-12(14)8-10-25-17/h1-6,11,17H,7-10H2,(H2,21,23)(H,22,24). The van der Waals surface area contributed by atoms with Crippen LogP contribution in [0.15, 0.2) is 42.5 Å². The summed E-state index contributed by atoms with van der Waals surface area (Å²) >= 11 is 0. The Morgan fingerprint density at radius 3 is 2.84 bits per heavy atom. The molecule has 1 atom stereocenters. The number of benzene rings is 2. The Hall–Kier alpha value is -2.73. The molecule has 0 aliphatic carbocycles. The third-order valence-corrected chi connectivity index (χ3v) is 4.28. The molecule has 5 nitrogen and oxygen atoms in total. The van der Waals surface area contributed by atoms with Crippen molar-refractivity contribution in [2.75, 3.05) is 13.2 Å². The number of amides is 2. The minimum Gasteiger partial charge on any atom is -0.373 e. The van der Waals surface area contributed by atoms with Crippen LogP contribution in [0.5, 0.6) is 0 Å². The SMILES string of the molecule is NC(=O)c1ccc(F)c(C(=O)NCCC2OCCc3ccccc32)c1. The van der Waals surface area contributed by atoms with Crippen molar-refractivity contribution < 1.29 is 18.7 Å². The van der Waals surface area contributed by atoms with Gasteiger partial charge in [0, 0.05) is 12.1 Å². The van der Waals surface area contributed by atoms with E-state index in [1.807, 2.05) is 18.2 Å². The average molecular weight is 342 g/mol. The van der Waals surface area contributed by atoms with Gasteiger partial charge in [-0.05, 0) is 42.2 Å². The average Bonchev–Trinajstić information content (AvgIpc) is 2.62. The maximum atomic E-state index is 13.8. The van der Waals surface area contributed by atoms with Gasteiger partial charge in [-0.15, -0.1) is 0 Å². The van der Waals surface area contributed by atoms with Gasteiger partial charge < -0.3 is 15.8 Å². The fraction of sp³-hybridized carbons (Fsp3) is 0.263. The molecule has 0 saturated carbocycles. The molecule has 0 aromatic heterocycles. The first-order chi connectivity index (χ1) is 12.1. The van der Waals surface area contributed by atoms with E-state index in [-0.39, 0.29) is 17.2 Å². The van der Waals surface area contributed by atoms with Crippen molar-refractivity contribution in [2.45, 2.75) is 18.9 Å². The number of primary amides is 1. The van der Waals surface area contributed by atoms with Crippen molar-refractivity contribution in [3.05, 3.63) is 70.5 Å². The van der Waals surface area contributed by atoms with E-state index < -0.39 is 17.6 Å². The number of hydrogen-bond acceptors (Lipinski definition) is 3. The summed E-state index contributed by atoms with van der Waals surface area (Å²) in [5.74, 6) is -1.98. The molecule has 2 amide bonds. The van der Waals surface area contributed by atoms with Gasteiger partial charge in [0.25, 0.3) is 5.91 Å². The predicted molar refractivity (Wildman–Crippen MR) is 90.7 cm³/mol. The van der Waals surface area contributed by atoms with Crippen molar-refractivity contribution >= 4 is 11.8 Å². The minimum atomic E-state index is -0.707. The fourth-order valence-corrected chi connectivity index (χ4v) is 2.98. The number of hydrogen-bond donors (Lipinski definition) is 2. The van der Waals surface area contributed by atoms with Gasteiger partial charge in [0.05, 0.1) is 18.3 Å². The quantitative estimate of drug-likeness (QED) is 0.875. The lowest BCUT2D eigenvalue weighted by molar-refractivity contribution is 0.0366. The molecule has 0 fully saturated rings. The molecule has 1 aliphatic rings. The monoisotopic (exact) mass is 342 g/mol. The highest BCUT2D eigenvalue weighted by Crippen LogP contribution is 2.29. The highest BCUT2D eigenvalue weighted by atomic mass is 19.1. The third-order valence-electron chi connectivity index (χ3n) is 4.28. The summed E-state index contributed by atoms with van der Waals surface area (Å²) in [6.07, 6.45) is 1.37. The molecule has 2 aromatic rings. The van der Waals surface area contributed by atoms with Crippen molar-refractivity contribution in [2.24, 2.45) is 5.73 Å². The zero-order valence-electron chi connectivity index (χ0n) is 13.6. The van der Waals surface area contributed by atoms with E-state index in [1.165, 1.54) is 17.7 Å². The Morgan fingerprint density at radius 2 is 2.04 bits per heavy atom. The van der Waals surface area contributed by atoms with Crippen molar-refractivity contribution in [3.8, 4) is 0 Å². The van der Waals surface area contributed by atoms with E-state index in [1.54, 1.807) is 0 Å². The fourth-order valence-electron chi connectivity index (χ4n) is 2.98. The zero-order valence-corrected chi connectivity index (χ0v) is 13.6. The summed E-state index contributed by atoms with van der Waals surface area (Å²) in [5, 5.41) is 2.67. The zero-order chi connectivity index (χ0) is 17.8. The maximum Gasteiger partial charge on any atom is 0.254 e. The second-order valence-corrected chi connectivity index (χ2v) is 5.91. The molecule has 0 bridgehead atoms.